The Morgan fingerprint density at radius 1 is 1.10 bits per heavy atom. The molecule has 2 aliphatic heterocycles. The van der Waals surface area contributed by atoms with Crippen LogP contribution >= 0.6 is 0 Å². The zero-order valence-corrected chi connectivity index (χ0v) is 16.5. The summed E-state index contributed by atoms with van der Waals surface area (Å²) in [5.74, 6) is 0.943. The van der Waals surface area contributed by atoms with Crippen LogP contribution < -0.4 is 10.2 Å². The van der Waals surface area contributed by atoms with Crippen LogP contribution in [0.25, 0.3) is 5.47 Å². The van der Waals surface area contributed by atoms with Gasteiger partial charge in [0.05, 0.1) is 11.3 Å². The lowest BCUT2D eigenvalue weighted by atomic mass is 9.59. The highest BCUT2D eigenvalue weighted by Crippen LogP contribution is 2.31. The number of piperazine rings is 1. The summed E-state index contributed by atoms with van der Waals surface area (Å²) in [4.78, 5) is 28.1. The molecule has 0 bridgehead atoms. The molecule has 1 saturated heterocycles. The van der Waals surface area contributed by atoms with Crippen LogP contribution in [0.2, 0.25) is 0 Å². The lowest BCUT2D eigenvalue weighted by molar-refractivity contribution is 0.0664. The molecule has 7 heteroatoms. The molecule has 6 nitrogen and oxygen atoms in total. The number of allylic oxidation sites excluding steroid dienone is 1. The van der Waals surface area contributed by atoms with Gasteiger partial charge in [-0.1, -0.05) is 18.2 Å². The Kier molecular flexibility index (Phi) is 5.15. The second-order valence-electron chi connectivity index (χ2n) is 7.42. The van der Waals surface area contributed by atoms with E-state index in [1.807, 2.05) is 43.4 Å². The summed E-state index contributed by atoms with van der Waals surface area (Å²) < 4.78 is 5.86. The van der Waals surface area contributed by atoms with Crippen LogP contribution in [-0.2, 0) is 0 Å². The van der Waals surface area contributed by atoms with Crippen molar-refractivity contribution in [3.8, 4) is 11.5 Å². The fraction of sp³-hybridized carbons (Fsp3) is 0.273. The molecule has 2 aromatic carbocycles. The Morgan fingerprint density at radius 2 is 1.79 bits per heavy atom. The highest BCUT2D eigenvalue weighted by atomic mass is 16.5. The number of aromatic hydroxyl groups is 1. The standard InChI is InChI=1S/C22H22BN2O4/c1-14-20(23-18-7-8-19(27)17(13-26)21(18)29-14)15-3-5-16(6-4-15)22(28)25-11-9-24(2)10-12-25/h3-8,13,27H,9-12H2,1-2H3. The van der Waals surface area contributed by atoms with Gasteiger partial charge in [0.2, 0.25) is 7.28 Å². The zero-order chi connectivity index (χ0) is 20.5. The largest absolute Gasteiger partial charge is 0.507 e. The van der Waals surface area contributed by atoms with E-state index in [9.17, 15) is 14.7 Å². The number of hydrogen-bond acceptors (Lipinski definition) is 5. The van der Waals surface area contributed by atoms with E-state index in [4.69, 9.17) is 4.74 Å². The molecule has 29 heavy (non-hydrogen) atoms. The van der Waals surface area contributed by atoms with Crippen LogP contribution in [0.5, 0.6) is 11.5 Å². The minimum absolute atomic E-state index is 0.0515. The van der Waals surface area contributed by atoms with Crippen LogP contribution in [0, 0.1) is 0 Å². The second-order valence-corrected chi connectivity index (χ2v) is 7.42. The number of rotatable bonds is 3. The highest BCUT2D eigenvalue weighted by molar-refractivity contribution is 6.74. The van der Waals surface area contributed by atoms with Gasteiger partial charge < -0.3 is 19.6 Å². The summed E-state index contributed by atoms with van der Waals surface area (Å²) >= 11 is 0. The van der Waals surface area contributed by atoms with E-state index in [1.165, 1.54) is 6.07 Å². The first kappa shape index (κ1) is 19.3. The van der Waals surface area contributed by atoms with Gasteiger partial charge in [-0.05, 0) is 48.7 Å². The number of carbonyl (C=O) groups excluding carboxylic acids is 2. The zero-order valence-electron chi connectivity index (χ0n) is 16.5. The van der Waals surface area contributed by atoms with E-state index in [2.05, 4.69) is 11.9 Å². The summed E-state index contributed by atoms with van der Waals surface area (Å²) in [6, 6.07) is 10.7. The lowest BCUT2D eigenvalue weighted by Crippen LogP contribution is -2.47. The number of nitrogens with zero attached hydrogens (tertiary/aromatic N) is 2. The van der Waals surface area contributed by atoms with Gasteiger partial charge in [-0.3, -0.25) is 9.59 Å². The van der Waals surface area contributed by atoms with Crippen molar-refractivity contribution >= 4 is 30.4 Å². The number of phenols is 1. The molecule has 1 fully saturated rings. The summed E-state index contributed by atoms with van der Waals surface area (Å²) in [5, 5.41) is 9.86. The number of likely N-dealkylation sites (N-methyl/N-ethyl adjacent to an activating group) is 1. The number of ether oxygens (including phenoxy) is 1. The summed E-state index contributed by atoms with van der Waals surface area (Å²) in [5.41, 5.74) is 3.33. The molecule has 1 amide bonds. The average molecular weight is 389 g/mol. The lowest BCUT2D eigenvalue weighted by Gasteiger charge is -2.32. The maximum absolute atomic E-state index is 12.7. The van der Waals surface area contributed by atoms with Crippen molar-refractivity contribution in [2.75, 3.05) is 33.2 Å². The fourth-order valence-electron chi connectivity index (χ4n) is 3.68. The van der Waals surface area contributed by atoms with E-state index in [1.54, 1.807) is 6.07 Å². The molecule has 1 N–H and O–H groups in total. The van der Waals surface area contributed by atoms with E-state index < -0.39 is 0 Å². The van der Waals surface area contributed by atoms with Crippen molar-refractivity contribution < 1.29 is 19.4 Å². The number of benzene rings is 2. The van der Waals surface area contributed by atoms with E-state index in [0.29, 0.717) is 23.4 Å². The minimum Gasteiger partial charge on any atom is -0.507 e. The van der Waals surface area contributed by atoms with Crippen LogP contribution in [0.1, 0.15) is 33.2 Å². The first-order chi connectivity index (χ1) is 14.0. The van der Waals surface area contributed by atoms with Gasteiger partial charge in [-0.25, -0.2) is 0 Å². The van der Waals surface area contributed by atoms with Gasteiger partial charge in [0.25, 0.3) is 5.91 Å². The third-order valence-corrected chi connectivity index (χ3v) is 5.49. The Bertz CT molecular complexity index is 993. The maximum Gasteiger partial charge on any atom is 0.253 e. The van der Waals surface area contributed by atoms with Crippen molar-refractivity contribution in [1.29, 1.82) is 0 Å². The van der Waals surface area contributed by atoms with Gasteiger partial charge in [0.1, 0.15) is 11.5 Å². The topological polar surface area (TPSA) is 70.1 Å². The maximum atomic E-state index is 12.7. The number of fused-ring (bicyclic) bond motifs is 1. The van der Waals surface area contributed by atoms with E-state index in [0.717, 1.165) is 42.7 Å². The fourth-order valence-corrected chi connectivity index (χ4v) is 3.68. The van der Waals surface area contributed by atoms with Gasteiger partial charge in [0, 0.05) is 31.7 Å². The van der Waals surface area contributed by atoms with Crippen molar-refractivity contribution in [3.63, 3.8) is 0 Å². The van der Waals surface area contributed by atoms with Crippen LogP contribution in [0.4, 0.5) is 0 Å². The first-order valence-corrected chi connectivity index (χ1v) is 9.61. The number of carbonyl (C=O) groups is 2. The Balaban J connectivity index is 1.56. The van der Waals surface area contributed by atoms with Crippen LogP contribution in [0.15, 0.2) is 42.2 Å². The molecule has 0 spiro atoms. The quantitative estimate of drug-likeness (QED) is 0.640. The van der Waals surface area contributed by atoms with Crippen molar-refractivity contribution in [1.82, 2.24) is 9.80 Å². The molecule has 147 valence electrons. The molecule has 1 radical (unpaired) electrons. The molecule has 0 saturated carbocycles. The smallest absolute Gasteiger partial charge is 0.253 e. The first-order valence-electron chi connectivity index (χ1n) is 9.61. The van der Waals surface area contributed by atoms with Gasteiger partial charge in [0.15, 0.2) is 6.29 Å². The van der Waals surface area contributed by atoms with Gasteiger partial charge in [-0.2, -0.15) is 0 Å². The number of hydrogen-bond donors (Lipinski definition) is 1. The van der Waals surface area contributed by atoms with Gasteiger partial charge >= 0.3 is 0 Å². The van der Waals surface area contributed by atoms with Gasteiger partial charge in [-0.15, -0.1) is 0 Å². The third-order valence-electron chi connectivity index (χ3n) is 5.49. The Labute approximate surface area is 170 Å². The monoisotopic (exact) mass is 389 g/mol. The molecule has 2 aliphatic rings. The number of aldehydes is 1. The van der Waals surface area contributed by atoms with Crippen LogP contribution in [0.3, 0.4) is 0 Å². The summed E-state index contributed by atoms with van der Waals surface area (Å²) in [7, 11) is 3.99. The van der Waals surface area contributed by atoms with E-state index in [-0.39, 0.29) is 17.2 Å². The molecule has 4 rings (SSSR count). The number of phenolic OH excluding ortho intramolecular Hbond substituents is 1. The molecule has 0 aromatic heterocycles. The molecular weight excluding hydrogens is 367 g/mol. The van der Waals surface area contributed by atoms with Crippen molar-refractivity contribution in [2.45, 2.75) is 6.92 Å². The normalized spacial score (nSPS) is 16.7. The minimum atomic E-state index is -0.102. The molecule has 2 heterocycles. The molecule has 0 aliphatic carbocycles. The van der Waals surface area contributed by atoms with E-state index >= 15 is 0 Å². The average Bonchev–Trinajstić information content (AvgIpc) is 2.73. The molecular formula is C22H22BN2O4. The highest BCUT2D eigenvalue weighted by Gasteiger charge is 2.25. The number of amides is 1. The van der Waals surface area contributed by atoms with Crippen molar-refractivity contribution in [2.24, 2.45) is 0 Å². The Hall–Kier alpha value is -3.06. The second kappa shape index (κ2) is 7.76. The third kappa shape index (κ3) is 3.65. The van der Waals surface area contributed by atoms with Crippen molar-refractivity contribution in [3.05, 3.63) is 58.8 Å². The SMILES string of the molecule is CC1=C(c2ccc(C(=O)N3CCN(C)CC3)cc2)[B]c2ccc(O)c(C=O)c2O1. The summed E-state index contributed by atoms with van der Waals surface area (Å²) in [6.45, 7) is 5.08. The molecule has 0 atom stereocenters. The molecule has 0 unspecified atom stereocenters. The predicted octanol–water partition coefficient (Wildman–Crippen LogP) is 1.70. The van der Waals surface area contributed by atoms with Crippen LogP contribution in [-0.4, -0.2) is 67.6 Å². The Morgan fingerprint density at radius 3 is 2.45 bits per heavy atom. The summed E-state index contributed by atoms with van der Waals surface area (Å²) in [6.07, 6.45) is 0.596. The predicted molar refractivity (Wildman–Crippen MR) is 112 cm³/mol. The molecule has 2 aromatic rings.